The molecule has 6 heteroatoms. The highest BCUT2D eigenvalue weighted by molar-refractivity contribution is 6.30. The van der Waals surface area contributed by atoms with Gasteiger partial charge in [0.2, 0.25) is 0 Å². The zero-order valence-electron chi connectivity index (χ0n) is 11.1. The molecule has 0 heterocycles. The number of aliphatic hydroxyl groups is 1. The van der Waals surface area contributed by atoms with Gasteiger partial charge in [-0.05, 0) is 31.5 Å². The van der Waals surface area contributed by atoms with Crippen molar-refractivity contribution in [1.29, 1.82) is 0 Å². The fourth-order valence-electron chi connectivity index (χ4n) is 1.74. The minimum atomic E-state index is -0.619. The molecule has 0 bridgehead atoms. The fourth-order valence-corrected chi connectivity index (χ4v) is 1.93. The number of hydrogen-bond donors (Lipinski definition) is 3. The molecule has 106 valence electrons. The monoisotopic (exact) mass is 286 g/mol. The van der Waals surface area contributed by atoms with Crippen LogP contribution in [0.5, 0.6) is 0 Å². The van der Waals surface area contributed by atoms with Gasteiger partial charge in [-0.2, -0.15) is 0 Å². The summed E-state index contributed by atoms with van der Waals surface area (Å²) in [5.41, 5.74) is -0.0136. The van der Waals surface area contributed by atoms with E-state index >= 15 is 0 Å². The highest BCUT2D eigenvalue weighted by Gasteiger charge is 2.25. The standard InChI is InChI=1S/C13H19ClN2O3/c1-13(6-7-17,9-19-2)16-12(18)15-11-5-3-4-10(14)8-11/h3-5,8,17H,6-7,9H2,1-2H3,(H2,15,16,18). The molecule has 5 nitrogen and oxygen atoms in total. The molecule has 19 heavy (non-hydrogen) atoms. The smallest absolute Gasteiger partial charge is 0.319 e. The highest BCUT2D eigenvalue weighted by Crippen LogP contribution is 2.15. The Bertz CT molecular complexity index is 420. The molecule has 3 N–H and O–H groups in total. The largest absolute Gasteiger partial charge is 0.396 e. The molecule has 0 saturated heterocycles. The van der Waals surface area contributed by atoms with E-state index in [-0.39, 0.29) is 12.6 Å². The van der Waals surface area contributed by atoms with Gasteiger partial charge in [0.15, 0.2) is 0 Å². The molecule has 0 fully saturated rings. The molecule has 0 saturated carbocycles. The van der Waals surface area contributed by atoms with Crippen LogP contribution in [0.25, 0.3) is 0 Å². The second-order valence-electron chi connectivity index (χ2n) is 4.56. The Kier molecular flexibility index (Phi) is 6.08. The predicted molar refractivity (Wildman–Crippen MR) is 75.6 cm³/mol. The van der Waals surface area contributed by atoms with Crippen molar-refractivity contribution in [1.82, 2.24) is 5.32 Å². The van der Waals surface area contributed by atoms with Gasteiger partial charge in [-0.15, -0.1) is 0 Å². The number of anilines is 1. The molecule has 1 rings (SSSR count). The summed E-state index contributed by atoms with van der Waals surface area (Å²) in [5.74, 6) is 0. The number of carbonyl (C=O) groups is 1. The second-order valence-corrected chi connectivity index (χ2v) is 4.99. The third-order valence-electron chi connectivity index (χ3n) is 2.62. The number of rotatable bonds is 6. The molecule has 1 aromatic rings. The SMILES string of the molecule is COCC(C)(CCO)NC(=O)Nc1cccc(Cl)c1. The van der Waals surface area contributed by atoms with Gasteiger partial charge in [-0.3, -0.25) is 0 Å². The summed E-state index contributed by atoms with van der Waals surface area (Å²) < 4.78 is 5.06. The van der Waals surface area contributed by atoms with E-state index in [0.717, 1.165) is 0 Å². The first-order valence-corrected chi connectivity index (χ1v) is 6.31. The number of nitrogens with one attached hydrogen (secondary N) is 2. The Labute approximate surface area is 117 Å². The van der Waals surface area contributed by atoms with E-state index in [1.165, 1.54) is 0 Å². The quantitative estimate of drug-likeness (QED) is 0.751. The summed E-state index contributed by atoms with van der Waals surface area (Å²) in [6, 6.07) is 6.51. The van der Waals surface area contributed by atoms with E-state index in [0.29, 0.717) is 23.7 Å². The summed E-state index contributed by atoms with van der Waals surface area (Å²) in [7, 11) is 1.55. The maximum Gasteiger partial charge on any atom is 0.319 e. The van der Waals surface area contributed by atoms with Gasteiger partial charge in [0.05, 0.1) is 12.1 Å². The van der Waals surface area contributed by atoms with Gasteiger partial charge in [-0.25, -0.2) is 4.79 Å². The summed E-state index contributed by atoms with van der Waals surface area (Å²) in [5, 5.41) is 15.0. The second kappa shape index (κ2) is 7.33. The van der Waals surface area contributed by atoms with Gasteiger partial charge in [0, 0.05) is 24.4 Å². The van der Waals surface area contributed by atoms with Crippen molar-refractivity contribution in [3.05, 3.63) is 29.3 Å². The van der Waals surface area contributed by atoms with Crippen molar-refractivity contribution in [3.63, 3.8) is 0 Å². The lowest BCUT2D eigenvalue weighted by Crippen LogP contribution is -2.51. The summed E-state index contributed by atoms with van der Waals surface area (Å²) in [4.78, 5) is 11.9. The van der Waals surface area contributed by atoms with Crippen LogP contribution in [0.3, 0.4) is 0 Å². The van der Waals surface area contributed by atoms with E-state index in [1.807, 2.05) is 6.92 Å². The number of hydrogen-bond acceptors (Lipinski definition) is 3. The Morgan fingerprint density at radius 3 is 2.84 bits per heavy atom. The molecule has 0 spiro atoms. The number of ether oxygens (including phenoxy) is 1. The number of urea groups is 1. The first kappa shape index (κ1) is 15.8. The number of methoxy groups -OCH3 is 1. The van der Waals surface area contributed by atoms with Crippen LogP contribution in [0.4, 0.5) is 10.5 Å². The third kappa shape index (κ3) is 5.46. The molecular formula is C13H19ClN2O3. The van der Waals surface area contributed by atoms with Crippen molar-refractivity contribution in [2.24, 2.45) is 0 Å². The van der Waals surface area contributed by atoms with Gasteiger partial charge < -0.3 is 20.5 Å². The Hall–Kier alpha value is -1.30. The zero-order valence-corrected chi connectivity index (χ0v) is 11.8. The van der Waals surface area contributed by atoms with Crippen LogP contribution in [0.1, 0.15) is 13.3 Å². The summed E-state index contributed by atoms with van der Waals surface area (Å²) in [6.45, 7) is 2.10. The molecule has 0 aliphatic heterocycles. The van der Waals surface area contributed by atoms with E-state index in [9.17, 15) is 4.79 Å². The average Bonchev–Trinajstić information content (AvgIpc) is 2.28. The van der Waals surface area contributed by atoms with Crippen molar-refractivity contribution < 1.29 is 14.6 Å². The normalized spacial score (nSPS) is 13.7. The lowest BCUT2D eigenvalue weighted by atomic mass is 10.00. The predicted octanol–water partition coefficient (Wildman–Crippen LogP) is 2.25. The molecular weight excluding hydrogens is 268 g/mol. The average molecular weight is 287 g/mol. The first-order valence-electron chi connectivity index (χ1n) is 5.93. The van der Waals surface area contributed by atoms with Gasteiger partial charge in [-0.1, -0.05) is 17.7 Å². The molecule has 1 atom stereocenters. The van der Waals surface area contributed by atoms with Crippen LogP contribution in [0.2, 0.25) is 5.02 Å². The third-order valence-corrected chi connectivity index (χ3v) is 2.86. The zero-order chi connectivity index (χ0) is 14.3. The van der Waals surface area contributed by atoms with Crippen molar-refractivity contribution in [2.75, 3.05) is 25.6 Å². The number of aliphatic hydroxyl groups excluding tert-OH is 1. The highest BCUT2D eigenvalue weighted by atomic mass is 35.5. The number of halogens is 1. The molecule has 1 aromatic carbocycles. The Morgan fingerprint density at radius 1 is 1.53 bits per heavy atom. The van der Waals surface area contributed by atoms with Crippen LogP contribution in [-0.2, 0) is 4.74 Å². The summed E-state index contributed by atoms with van der Waals surface area (Å²) in [6.07, 6.45) is 0.407. The van der Waals surface area contributed by atoms with E-state index < -0.39 is 5.54 Å². The minimum absolute atomic E-state index is 0.0305. The van der Waals surface area contributed by atoms with Crippen LogP contribution in [-0.4, -0.2) is 37.0 Å². The topological polar surface area (TPSA) is 70.6 Å². The maximum absolute atomic E-state index is 11.9. The Morgan fingerprint density at radius 2 is 2.26 bits per heavy atom. The van der Waals surface area contributed by atoms with E-state index in [2.05, 4.69) is 10.6 Å². The van der Waals surface area contributed by atoms with E-state index in [1.54, 1.807) is 31.4 Å². The van der Waals surface area contributed by atoms with Crippen LogP contribution < -0.4 is 10.6 Å². The van der Waals surface area contributed by atoms with Crippen LogP contribution in [0, 0.1) is 0 Å². The molecule has 1 unspecified atom stereocenters. The molecule has 2 amide bonds. The van der Waals surface area contributed by atoms with E-state index in [4.69, 9.17) is 21.4 Å². The molecule has 0 aliphatic rings. The molecule has 0 radical (unpaired) electrons. The number of benzene rings is 1. The van der Waals surface area contributed by atoms with Crippen molar-refractivity contribution in [2.45, 2.75) is 18.9 Å². The lowest BCUT2D eigenvalue weighted by molar-refractivity contribution is 0.104. The van der Waals surface area contributed by atoms with Crippen molar-refractivity contribution >= 4 is 23.3 Å². The molecule has 0 aromatic heterocycles. The van der Waals surface area contributed by atoms with Crippen LogP contribution in [0.15, 0.2) is 24.3 Å². The first-order chi connectivity index (χ1) is 8.99. The van der Waals surface area contributed by atoms with Gasteiger partial charge in [0.25, 0.3) is 0 Å². The van der Waals surface area contributed by atoms with Gasteiger partial charge in [0.1, 0.15) is 0 Å². The van der Waals surface area contributed by atoms with Crippen molar-refractivity contribution in [3.8, 4) is 0 Å². The lowest BCUT2D eigenvalue weighted by Gasteiger charge is -2.29. The Balaban J connectivity index is 2.62. The fraction of sp³-hybridized carbons (Fsp3) is 0.462. The number of amides is 2. The number of carbonyl (C=O) groups excluding carboxylic acids is 1. The molecule has 0 aliphatic carbocycles. The maximum atomic E-state index is 11.9. The summed E-state index contributed by atoms with van der Waals surface area (Å²) >= 11 is 5.84. The minimum Gasteiger partial charge on any atom is -0.396 e. The van der Waals surface area contributed by atoms with Gasteiger partial charge >= 0.3 is 6.03 Å². The van der Waals surface area contributed by atoms with Crippen LogP contribution >= 0.6 is 11.6 Å².